The Kier molecular flexibility index (Phi) is 6.32. The van der Waals surface area contributed by atoms with Crippen LogP contribution in [0, 0.1) is 6.92 Å². The standard InChI is InChI=1S/C24H26N4O2S/c1-17-10-12-18(13-11-17)27-15-5-8-20(27)23-22(19-7-3-4-14-25-19)26-24(31)28(23)16-6-9-21(29)30-2/h3-5,7-8,10-15,22-23H,6,9,16H2,1-2H3,(H,26,31). The zero-order valence-electron chi connectivity index (χ0n) is 17.7. The predicted molar refractivity (Wildman–Crippen MR) is 124 cm³/mol. The average molecular weight is 435 g/mol. The quantitative estimate of drug-likeness (QED) is 0.446. The van der Waals surface area contributed by atoms with Gasteiger partial charge in [-0.1, -0.05) is 23.8 Å². The van der Waals surface area contributed by atoms with Gasteiger partial charge in [-0.3, -0.25) is 9.78 Å². The SMILES string of the molecule is COC(=O)CCCN1C(=S)NC(c2ccccn2)C1c1cccn1-c1ccc(C)cc1. The monoisotopic (exact) mass is 434 g/mol. The first-order valence-corrected chi connectivity index (χ1v) is 10.8. The van der Waals surface area contributed by atoms with Crippen LogP contribution in [0.25, 0.3) is 5.69 Å². The second-order valence-corrected chi connectivity index (χ2v) is 8.02. The second kappa shape index (κ2) is 9.31. The summed E-state index contributed by atoms with van der Waals surface area (Å²) in [5.41, 5.74) is 4.36. The highest BCUT2D eigenvalue weighted by atomic mass is 32.1. The van der Waals surface area contributed by atoms with Gasteiger partial charge in [-0.25, -0.2) is 0 Å². The van der Waals surface area contributed by atoms with E-state index in [1.165, 1.54) is 12.7 Å². The summed E-state index contributed by atoms with van der Waals surface area (Å²) in [4.78, 5) is 18.4. The van der Waals surface area contributed by atoms with Crippen LogP contribution in [0.15, 0.2) is 67.0 Å². The van der Waals surface area contributed by atoms with Gasteiger partial charge < -0.3 is 19.5 Å². The van der Waals surface area contributed by atoms with Gasteiger partial charge in [0.1, 0.15) is 0 Å². The number of esters is 1. The lowest BCUT2D eigenvalue weighted by molar-refractivity contribution is -0.140. The minimum Gasteiger partial charge on any atom is -0.469 e. The van der Waals surface area contributed by atoms with Gasteiger partial charge in [-0.2, -0.15) is 0 Å². The topological polar surface area (TPSA) is 59.4 Å². The molecule has 7 heteroatoms. The summed E-state index contributed by atoms with van der Waals surface area (Å²) in [6.07, 6.45) is 4.89. The van der Waals surface area contributed by atoms with Crippen LogP contribution in [-0.4, -0.2) is 39.2 Å². The molecule has 1 N–H and O–H groups in total. The summed E-state index contributed by atoms with van der Waals surface area (Å²) in [6.45, 7) is 2.73. The molecule has 1 saturated heterocycles. The van der Waals surface area contributed by atoms with E-state index in [0.717, 1.165) is 17.1 Å². The number of methoxy groups -OCH3 is 1. The highest BCUT2D eigenvalue weighted by molar-refractivity contribution is 7.80. The third-order valence-corrected chi connectivity index (χ3v) is 5.95. The zero-order chi connectivity index (χ0) is 21.8. The van der Waals surface area contributed by atoms with E-state index in [4.69, 9.17) is 17.0 Å². The number of nitrogens with zero attached hydrogens (tertiary/aromatic N) is 3. The second-order valence-electron chi connectivity index (χ2n) is 7.64. The summed E-state index contributed by atoms with van der Waals surface area (Å²) < 4.78 is 7.00. The van der Waals surface area contributed by atoms with Crippen LogP contribution < -0.4 is 5.32 Å². The van der Waals surface area contributed by atoms with Crippen molar-refractivity contribution in [3.05, 3.63) is 83.9 Å². The van der Waals surface area contributed by atoms with Crippen LogP contribution in [0.5, 0.6) is 0 Å². The Hall–Kier alpha value is -3.19. The number of carbonyl (C=O) groups excluding carboxylic acids is 1. The fourth-order valence-electron chi connectivity index (χ4n) is 4.04. The molecule has 3 aromatic rings. The van der Waals surface area contributed by atoms with Crippen molar-refractivity contribution in [2.24, 2.45) is 0 Å². The van der Waals surface area contributed by atoms with Crippen LogP contribution >= 0.6 is 12.2 Å². The molecule has 0 radical (unpaired) electrons. The van der Waals surface area contributed by atoms with Crippen molar-refractivity contribution >= 4 is 23.3 Å². The number of ether oxygens (including phenoxy) is 1. The van der Waals surface area contributed by atoms with Crippen molar-refractivity contribution in [1.29, 1.82) is 0 Å². The summed E-state index contributed by atoms with van der Waals surface area (Å²) in [5.74, 6) is -0.209. The fraction of sp³-hybridized carbons (Fsp3) is 0.292. The first-order chi connectivity index (χ1) is 15.1. The smallest absolute Gasteiger partial charge is 0.305 e. The summed E-state index contributed by atoms with van der Waals surface area (Å²) in [5, 5.41) is 4.13. The Balaban J connectivity index is 1.70. The number of thiocarbonyl (C=S) groups is 1. The summed E-state index contributed by atoms with van der Waals surface area (Å²) in [7, 11) is 1.42. The molecule has 2 atom stereocenters. The molecule has 4 rings (SSSR count). The Morgan fingerprint density at radius 1 is 1.16 bits per heavy atom. The Morgan fingerprint density at radius 3 is 2.68 bits per heavy atom. The molecule has 2 aromatic heterocycles. The molecule has 0 spiro atoms. The van der Waals surface area contributed by atoms with Crippen LogP contribution in [0.1, 0.15) is 41.9 Å². The fourth-order valence-corrected chi connectivity index (χ4v) is 4.37. The maximum absolute atomic E-state index is 11.6. The molecular weight excluding hydrogens is 408 g/mol. The van der Waals surface area contributed by atoms with E-state index < -0.39 is 0 Å². The van der Waals surface area contributed by atoms with E-state index in [-0.39, 0.29) is 18.1 Å². The first-order valence-electron chi connectivity index (χ1n) is 10.4. The zero-order valence-corrected chi connectivity index (χ0v) is 18.5. The number of carbonyl (C=O) groups is 1. The number of hydrogen-bond acceptors (Lipinski definition) is 4. The van der Waals surface area contributed by atoms with Crippen LogP contribution in [0.2, 0.25) is 0 Å². The third kappa shape index (κ3) is 4.46. The van der Waals surface area contributed by atoms with E-state index in [2.05, 4.69) is 69.3 Å². The van der Waals surface area contributed by atoms with Gasteiger partial charge in [-0.15, -0.1) is 0 Å². The van der Waals surface area contributed by atoms with Gasteiger partial charge in [0.25, 0.3) is 0 Å². The first kappa shape index (κ1) is 21.1. The maximum Gasteiger partial charge on any atom is 0.305 e. The molecule has 2 unspecified atom stereocenters. The average Bonchev–Trinajstić information content (AvgIpc) is 3.39. The molecule has 3 heterocycles. The van der Waals surface area contributed by atoms with E-state index >= 15 is 0 Å². The van der Waals surface area contributed by atoms with Crippen molar-refractivity contribution in [1.82, 2.24) is 19.8 Å². The van der Waals surface area contributed by atoms with Crippen LogP contribution in [0.3, 0.4) is 0 Å². The number of aromatic nitrogens is 2. The van der Waals surface area contributed by atoms with Crippen molar-refractivity contribution in [3.8, 4) is 5.69 Å². The maximum atomic E-state index is 11.6. The number of pyridine rings is 1. The lowest BCUT2D eigenvalue weighted by Gasteiger charge is -2.29. The molecule has 1 aliphatic heterocycles. The molecule has 1 aliphatic rings. The van der Waals surface area contributed by atoms with E-state index in [9.17, 15) is 4.79 Å². The highest BCUT2D eigenvalue weighted by Crippen LogP contribution is 2.39. The Labute approximate surface area is 187 Å². The molecule has 0 saturated carbocycles. The van der Waals surface area contributed by atoms with Gasteiger partial charge >= 0.3 is 5.97 Å². The van der Waals surface area contributed by atoms with Gasteiger partial charge in [-0.05, 0) is 62.0 Å². The molecule has 0 bridgehead atoms. The van der Waals surface area contributed by atoms with Gasteiger partial charge in [0, 0.05) is 36.7 Å². The Bertz CT molecular complexity index is 1050. The van der Waals surface area contributed by atoms with E-state index in [1.807, 2.05) is 18.2 Å². The summed E-state index contributed by atoms with van der Waals surface area (Å²) in [6, 6.07) is 18.4. The molecule has 1 aromatic carbocycles. The van der Waals surface area contributed by atoms with Crippen LogP contribution in [-0.2, 0) is 9.53 Å². The minimum atomic E-state index is -0.209. The third-order valence-electron chi connectivity index (χ3n) is 5.60. The molecule has 0 amide bonds. The lowest BCUT2D eigenvalue weighted by Crippen LogP contribution is -2.31. The normalized spacial score (nSPS) is 18.1. The number of benzene rings is 1. The van der Waals surface area contributed by atoms with Gasteiger partial charge in [0.15, 0.2) is 5.11 Å². The molecule has 0 aliphatic carbocycles. The largest absolute Gasteiger partial charge is 0.469 e. The Morgan fingerprint density at radius 2 is 1.97 bits per heavy atom. The minimum absolute atomic E-state index is 0.0589. The number of aryl methyl sites for hydroxylation is 1. The van der Waals surface area contributed by atoms with Gasteiger partial charge in [0.2, 0.25) is 0 Å². The summed E-state index contributed by atoms with van der Waals surface area (Å²) >= 11 is 5.71. The van der Waals surface area contributed by atoms with Crippen molar-refractivity contribution in [2.45, 2.75) is 31.8 Å². The molecular formula is C24H26N4O2S. The van der Waals surface area contributed by atoms with E-state index in [1.54, 1.807) is 6.20 Å². The van der Waals surface area contributed by atoms with Crippen molar-refractivity contribution < 1.29 is 9.53 Å². The lowest BCUT2D eigenvalue weighted by atomic mass is 10.0. The molecule has 1 fully saturated rings. The van der Waals surface area contributed by atoms with E-state index in [0.29, 0.717) is 24.5 Å². The van der Waals surface area contributed by atoms with Crippen LogP contribution in [0.4, 0.5) is 0 Å². The molecule has 31 heavy (non-hydrogen) atoms. The van der Waals surface area contributed by atoms with Crippen molar-refractivity contribution in [3.63, 3.8) is 0 Å². The molecule has 160 valence electrons. The highest BCUT2D eigenvalue weighted by Gasteiger charge is 2.41. The molecule has 6 nitrogen and oxygen atoms in total. The van der Waals surface area contributed by atoms with Crippen molar-refractivity contribution in [2.75, 3.05) is 13.7 Å². The number of nitrogens with one attached hydrogen (secondary N) is 1. The number of rotatable bonds is 7. The predicted octanol–water partition coefficient (Wildman–Crippen LogP) is 4.11. The van der Waals surface area contributed by atoms with Gasteiger partial charge in [0.05, 0.1) is 24.9 Å². The number of hydrogen-bond donors (Lipinski definition) is 1.